The first-order chi connectivity index (χ1) is 10.1. The van der Waals surface area contributed by atoms with Gasteiger partial charge in [0.2, 0.25) is 0 Å². The van der Waals surface area contributed by atoms with Crippen molar-refractivity contribution in [1.82, 2.24) is 13.9 Å². The molecule has 1 aliphatic carbocycles. The van der Waals surface area contributed by atoms with Crippen LogP contribution in [0.25, 0.3) is 0 Å². The summed E-state index contributed by atoms with van der Waals surface area (Å²) in [6, 6.07) is 0.751. The van der Waals surface area contributed by atoms with Crippen molar-refractivity contribution < 1.29 is 8.42 Å². The average molecular weight is 315 g/mol. The van der Waals surface area contributed by atoms with Crippen molar-refractivity contribution in [3.05, 3.63) is 0 Å². The van der Waals surface area contributed by atoms with Crippen molar-refractivity contribution in [3.63, 3.8) is 0 Å². The normalized spacial score (nSPS) is 30.6. The molecular weight excluding hydrogens is 286 g/mol. The van der Waals surface area contributed by atoms with Gasteiger partial charge in [0.05, 0.1) is 0 Å². The molecule has 3 rings (SSSR count). The van der Waals surface area contributed by atoms with E-state index >= 15 is 0 Å². The number of hydrogen-bond donors (Lipinski definition) is 1. The van der Waals surface area contributed by atoms with Gasteiger partial charge in [-0.25, -0.2) is 0 Å². The van der Waals surface area contributed by atoms with Crippen LogP contribution in [0.15, 0.2) is 0 Å². The number of nitrogens with one attached hydrogen (secondary N) is 1. The molecule has 6 heteroatoms. The van der Waals surface area contributed by atoms with E-state index in [-0.39, 0.29) is 0 Å². The highest BCUT2D eigenvalue weighted by Gasteiger charge is 2.35. The minimum Gasteiger partial charge on any atom is -0.314 e. The lowest BCUT2D eigenvalue weighted by atomic mass is 9.98. The Morgan fingerprint density at radius 3 is 2.33 bits per heavy atom. The molecule has 0 radical (unpaired) electrons. The largest absolute Gasteiger partial charge is 0.314 e. The number of piperidine rings is 2. The van der Waals surface area contributed by atoms with E-state index in [0.29, 0.717) is 38.0 Å². The van der Waals surface area contributed by atoms with E-state index in [1.807, 2.05) is 0 Å². The van der Waals surface area contributed by atoms with Gasteiger partial charge in [0.15, 0.2) is 0 Å². The third-order valence-electron chi connectivity index (χ3n) is 5.12. The van der Waals surface area contributed by atoms with Gasteiger partial charge in [0.1, 0.15) is 0 Å². The van der Waals surface area contributed by atoms with E-state index in [9.17, 15) is 8.42 Å². The zero-order chi connectivity index (χ0) is 14.9. The molecule has 1 N–H and O–H groups in total. The van der Waals surface area contributed by atoms with Crippen LogP contribution in [-0.2, 0) is 10.2 Å². The molecule has 5 nitrogen and oxygen atoms in total. The monoisotopic (exact) mass is 315 g/mol. The fourth-order valence-corrected chi connectivity index (χ4v) is 5.29. The quantitative estimate of drug-likeness (QED) is 0.835. The predicted molar refractivity (Wildman–Crippen MR) is 84.2 cm³/mol. The SMILES string of the molecule is CC1CCCN(S(=O)(=O)N2CCC(CNC3CC3)CC2)C1. The van der Waals surface area contributed by atoms with Crippen LogP contribution in [0.2, 0.25) is 0 Å². The number of hydrogen-bond acceptors (Lipinski definition) is 3. The highest BCUT2D eigenvalue weighted by atomic mass is 32.2. The summed E-state index contributed by atoms with van der Waals surface area (Å²) in [6.07, 6.45) is 6.80. The van der Waals surface area contributed by atoms with Gasteiger partial charge < -0.3 is 5.32 Å². The Morgan fingerprint density at radius 2 is 1.71 bits per heavy atom. The van der Waals surface area contributed by atoms with E-state index in [2.05, 4.69) is 12.2 Å². The maximum atomic E-state index is 12.7. The lowest BCUT2D eigenvalue weighted by molar-refractivity contribution is 0.225. The zero-order valence-corrected chi connectivity index (χ0v) is 13.9. The molecule has 0 aromatic heterocycles. The molecule has 1 saturated carbocycles. The van der Waals surface area contributed by atoms with Crippen LogP contribution in [0, 0.1) is 11.8 Å². The van der Waals surface area contributed by atoms with Gasteiger partial charge in [-0.05, 0) is 56.9 Å². The molecule has 21 heavy (non-hydrogen) atoms. The van der Waals surface area contributed by atoms with Crippen LogP contribution in [0.3, 0.4) is 0 Å². The second-order valence-corrected chi connectivity index (χ2v) is 9.07. The Hall–Kier alpha value is -0.170. The van der Waals surface area contributed by atoms with Gasteiger partial charge in [-0.1, -0.05) is 6.92 Å². The van der Waals surface area contributed by atoms with Crippen LogP contribution in [0.4, 0.5) is 0 Å². The molecular formula is C15H29N3O2S. The topological polar surface area (TPSA) is 52.7 Å². The molecule has 2 aliphatic heterocycles. The number of rotatable bonds is 5. The highest BCUT2D eigenvalue weighted by Crippen LogP contribution is 2.26. The van der Waals surface area contributed by atoms with Gasteiger partial charge in [-0.2, -0.15) is 17.0 Å². The zero-order valence-electron chi connectivity index (χ0n) is 13.1. The summed E-state index contributed by atoms with van der Waals surface area (Å²) < 4.78 is 28.8. The lowest BCUT2D eigenvalue weighted by Gasteiger charge is -2.37. The molecule has 1 atom stereocenters. The van der Waals surface area contributed by atoms with Gasteiger partial charge in [-0.15, -0.1) is 0 Å². The van der Waals surface area contributed by atoms with Crippen molar-refractivity contribution in [1.29, 1.82) is 0 Å². The minimum absolute atomic E-state index is 0.494. The first-order valence-electron chi connectivity index (χ1n) is 8.54. The molecule has 1 unspecified atom stereocenters. The van der Waals surface area contributed by atoms with Gasteiger partial charge in [0.25, 0.3) is 10.2 Å². The van der Waals surface area contributed by atoms with Crippen molar-refractivity contribution in [2.75, 3.05) is 32.7 Å². The van der Waals surface area contributed by atoms with Crippen LogP contribution in [0.5, 0.6) is 0 Å². The molecule has 0 aromatic rings. The molecule has 2 saturated heterocycles. The van der Waals surface area contributed by atoms with Crippen LogP contribution >= 0.6 is 0 Å². The average Bonchev–Trinajstić information content (AvgIpc) is 3.30. The summed E-state index contributed by atoms with van der Waals surface area (Å²) in [5.41, 5.74) is 0. The molecule has 0 bridgehead atoms. The molecule has 0 spiro atoms. The van der Waals surface area contributed by atoms with Crippen molar-refractivity contribution in [2.24, 2.45) is 11.8 Å². The third kappa shape index (κ3) is 3.97. The summed E-state index contributed by atoms with van der Waals surface area (Å²) in [4.78, 5) is 0. The maximum Gasteiger partial charge on any atom is 0.281 e. The lowest BCUT2D eigenvalue weighted by Crippen LogP contribution is -2.50. The molecule has 3 fully saturated rings. The van der Waals surface area contributed by atoms with E-state index in [4.69, 9.17) is 0 Å². The Labute approximate surface area is 129 Å². The molecule has 0 amide bonds. The van der Waals surface area contributed by atoms with Crippen LogP contribution in [0.1, 0.15) is 45.4 Å². The standard InChI is InChI=1S/C15H29N3O2S/c1-13-3-2-8-18(12-13)21(19,20)17-9-6-14(7-10-17)11-16-15-4-5-15/h13-16H,2-12H2,1H3. The summed E-state index contributed by atoms with van der Waals surface area (Å²) in [5.74, 6) is 1.14. The van der Waals surface area contributed by atoms with E-state index in [1.165, 1.54) is 12.8 Å². The van der Waals surface area contributed by atoms with E-state index in [1.54, 1.807) is 8.61 Å². The Morgan fingerprint density at radius 1 is 1.00 bits per heavy atom. The Balaban J connectivity index is 1.50. The molecule has 3 aliphatic rings. The van der Waals surface area contributed by atoms with Crippen molar-refractivity contribution in [3.8, 4) is 0 Å². The summed E-state index contributed by atoms with van der Waals surface area (Å²) >= 11 is 0. The Kier molecular flexibility index (Phi) is 4.88. The predicted octanol–water partition coefficient (Wildman–Crippen LogP) is 1.43. The molecule has 2 heterocycles. The number of nitrogens with zero attached hydrogens (tertiary/aromatic N) is 2. The fraction of sp³-hybridized carbons (Fsp3) is 1.00. The summed E-state index contributed by atoms with van der Waals surface area (Å²) in [6.45, 7) is 6.02. The maximum absolute atomic E-state index is 12.7. The first-order valence-corrected chi connectivity index (χ1v) is 9.94. The van der Waals surface area contributed by atoms with Gasteiger partial charge in [-0.3, -0.25) is 0 Å². The van der Waals surface area contributed by atoms with E-state index < -0.39 is 10.2 Å². The highest BCUT2D eigenvalue weighted by molar-refractivity contribution is 7.86. The minimum atomic E-state index is -3.21. The molecule has 122 valence electrons. The fourth-order valence-electron chi connectivity index (χ4n) is 3.48. The van der Waals surface area contributed by atoms with Gasteiger partial charge >= 0.3 is 0 Å². The smallest absolute Gasteiger partial charge is 0.281 e. The summed E-state index contributed by atoms with van der Waals surface area (Å²) in [7, 11) is -3.21. The Bertz CT molecular complexity index is 442. The van der Waals surface area contributed by atoms with Crippen molar-refractivity contribution in [2.45, 2.75) is 51.5 Å². The van der Waals surface area contributed by atoms with E-state index in [0.717, 1.165) is 38.3 Å². The summed E-state index contributed by atoms with van der Waals surface area (Å²) in [5, 5.41) is 3.57. The van der Waals surface area contributed by atoms with Gasteiger partial charge in [0, 0.05) is 32.2 Å². The second-order valence-electron chi connectivity index (χ2n) is 7.14. The van der Waals surface area contributed by atoms with Crippen LogP contribution < -0.4 is 5.32 Å². The van der Waals surface area contributed by atoms with Crippen molar-refractivity contribution >= 4 is 10.2 Å². The first kappa shape index (κ1) is 15.7. The second kappa shape index (κ2) is 6.52. The van der Waals surface area contributed by atoms with Crippen LogP contribution in [-0.4, -0.2) is 55.8 Å². The third-order valence-corrected chi connectivity index (χ3v) is 7.12. The molecule has 0 aromatic carbocycles.